The summed E-state index contributed by atoms with van der Waals surface area (Å²) >= 11 is 0. The molecule has 1 heterocycles. The van der Waals surface area contributed by atoms with Gasteiger partial charge in [-0.15, -0.1) is 0 Å². The van der Waals surface area contributed by atoms with Crippen molar-refractivity contribution in [3.8, 4) is 0 Å². The molecule has 1 aliphatic rings. The summed E-state index contributed by atoms with van der Waals surface area (Å²) in [6.45, 7) is 9.22. The van der Waals surface area contributed by atoms with Gasteiger partial charge in [-0.3, -0.25) is 9.00 Å². The Kier molecular flexibility index (Phi) is 4.33. The smallest absolute Gasteiger partial charge is 0.227 e. The van der Waals surface area contributed by atoms with Crippen LogP contribution in [-0.2, 0) is 22.0 Å². The van der Waals surface area contributed by atoms with Crippen molar-refractivity contribution in [3.63, 3.8) is 0 Å². The van der Waals surface area contributed by atoms with E-state index >= 15 is 0 Å². The zero-order chi connectivity index (χ0) is 14.9. The van der Waals surface area contributed by atoms with E-state index in [1.54, 1.807) is 0 Å². The van der Waals surface area contributed by atoms with Gasteiger partial charge >= 0.3 is 0 Å². The molecule has 0 aliphatic carbocycles. The summed E-state index contributed by atoms with van der Waals surface area (Å²) in [5.41, 5.74) is 3.43. The lowest BCUT2D eigenvalue weighted by Crippen LogP contribution is -2.52. The molecule has 2 rings (SSSR count). The maximum atomic E-state index is 12.5. The minimum Gasteiger partial charge on any atom is -0.340 e. The Balaban J connectivity index is 2.09. The van der Waals surface area contributed by atoms with Gasteiger partial charge in [-0.2, -0.15) is 0 Å². The average Bonchev–Trinajstić information content (AvgIpc) is 2.37. The Morgan fingerprint density at radius 3 is 2.70 bits per heavy atom. The van der Waals surface area contributed by atoms with E-state index in [-0.39, 0.29) is 10.7 Å². The molecule has 110 valence electrons. The number of carbonyl (C=O) groups is 1. The molecule has 1 atom stereocenters. The Labute approximate surface area is 123 Å². The second-order valence-electron chi connectivity index (χ2n) is 6.23. The molecule has 3 nitrogen and oxygen atoms in total. The van der Waals surface area contributed by atoms with Crippen LogP contribution in [0.4, 0.5) is 0 Å². The van der Waals surface area contributed by atoms with Gasteiger partial charge in [-0.05, 0) is 38.8 Å². The molecule has 1 aromatic rings. The molecular weight excluding hydrogens is 270 g/mol. The summed E-state index contributed by atoms with van der Waals surface area (Å²) in [6, 6.07) is 6.21. The predicted octanol–water partition coefficient (Wildman–Crippen LogP) is 2.22. The van der Waals surface area contributed by atoms with Crippen LogP contribution in [-0.4, -0.2) is 38.6 Å². The quantitative estimate of drug-likeness (QED) is 0.838. The number of carbonyl (C=O) groups excluding carboxylic acids is 1. The molecule has 4 heteroatoms. The molecular formula is C16H23NO2S. The number of hydrogen-bond acceptors (Lipinski definition) is 2. The molecule has 0 saturated carbocycles. The maximum absolute atomic E-state index is 12.5. The Hall–Kier alpha value is -1.16. The van der Waals surface area contributed by atoms with Crippen LogP contribution < -0.4 is 0 Å². The number of amides is 1. The minimum atomic E-state index is -0.836. The molecule has 1 fully saturated rings. The third-order valence-electron chi connectivity index (χ3n) is 3.93. The van der Waals surface area contributed by atoms with E-state index < -0.39 is 10.8 Å². The summed E-state index contributed by atoms with van der Waals surface area (Å²) in [5, 5.41) is 0. The van der Waals surface area contributed by atoms with Crippen LogP contribution in [0.3, 0.4) is 0 Å². The van der Waals surface area contributed by atoms with Crippen molar-refractivity contribution in [2.45, 2.75) is 38.9 Å². The van der Waals surface area contributed by atoms with E-state index in [1.807, 2.05) is 32.6 Å². The van der Waals surface area contributed by atoms with Gasteiger partial charge in [0.25, 0.3) is 0 Å². The maximum Gasteiger partial charge on any atom is 0.227 e. The second-order valence-corrected chi connectivity index (χ2v) is 8.44. The van der Waals surface area contributed by atoms with Gasteiger partial charge in [0.2, 0.25) is 5.91 Å². The fourth-order valence-electron chi connectivity index (χ4n) is 2.56. The highest BCUT2D eigenvalue weighted by Gasteiger charge is 2.35. The Morgan fingerprint density at radius 1 is 1.35 bits per heavy atom. The van der Waals surface area contributed by atoms with Crippen LogP contribution in [0.1, 0.15) is 30.5 Å². The fourth-order valence-corrected chi connectivity index (χ4v) is 3.80. The lowest BCUT2D eigenvalue weighted by Gasteiger charge is -2.37. The molecule has 20 heavy (non-hydrogen) atoms. The van der Waals surface area contributed by atoms with E-state index in [0.29, 0.717) is 25.3 Å². The molecule has 0 spiro atoms. The summed E-state index contributed by atoms with van der Waals surface area (Å²) in [7, 11) is -0.836. The van der Waals surface area contributed by atoms with Gasteiger partial charge in [0.1, 0.15) is 0 Å². The van der Waals surface area contributed by atoms with Gasteiger partial charge in [-0.1, -0.05) is 23.8 Å². The third kappa shape index (κ3) is 3.29. The van der Waals surface area contributed by atoms with E-state index in [9.17, 15) is 9.00 Å². The first-order chi connectivity index (χ1) is 9.29. The molecule has 0 bridgehead atoms. The largest absolute Gasteiger partial charge is 0.340 e. The monoisotopic (exact) mass is 293 g/mol. The first-order valence-electron chi connectivity index (χ1n) is 7.02. The lowest BCUT2D eigenvalue weighted by molar-refractivity contribution is -0.130. The molecule has 1 unspecified atom stereocenters. The van der Waals surface area contributed by atoms with Crippen LogP contribution in [0, 0.1) is 13.8 Å². The highest BCUT2D eigenvalue weighted by atomic mass is 32.2. The van der Waals surface area contributed by atoms with Crippen molar-refractivity contribution in [1.82, 2.24) is 4.90 Å². The van der Waals surface area contributed by atoms with Crippen molar-refractivity contribution in [1.29, 1.82) is 0 Å². The molecule has 1 aromatic carbocycles. The number of aryl methyl sites for hydroxylation is 2. The molecule has 0 radical (unpaired) electrons. The average molecular weight is 293 g/mol. The number of rotatable bonds is 2. The van der Waals surface area contributed by atoms with Crippen molar-refractivity contribution in [3.05, 3.63) is 34.9 Å². The van der Waals surface area contributed by atoms with Crippen molar-refractivity contribution >= 4 is 16.7 Å². The van der Waals surface area contributed by atoms with Crippen molar-refractivity contribution in [2.24, 2.45) is 0 Å². The standard InChI is InChI=1S/C16H23NO2S/c1-12-5-6-13(2)14(9-12)10-15(18)17-7-8-20(19)16(3,4)11-17/h5-6,9H,7-8,10-11H2,1-4H3. The second kappa shape index (κ2) is 5.68. The van der Waals surface area contributed by atoms with E-state index in [0.717, 1.165) is 11.1 Å². The van der Waals surface area contributed by atoms with Crippen LogP contribution in [0.15, 0.2) is 18.2 Å². The highest BCUT2D eigenvalue weighted by Crippen LogP contribution is 2.21. The molecule has 1 saturated heterocycles. The van der Waals surface area contributed by atoms with Gasteiger partial charge in [-0.25, -0.2) is 0 Å². The fraction of sp³-hybridized carbons (Fsp3) is 0.562. The third-order valence-corrected chi connectivity index (χ3v) is 5.85. The minimum absolute atomic E-state index is 0.142. The van der Waals surface area contributed by atoms with Gasteiger partial charge < -0.3 is 4.90 Å². The molecule has 1 amide bonds. The molecule has 0 N–H and O–H groups in total. The van der Waals surface area contributed by atoms with E-state index in [1.165, 1.54) is 5.56 Å². The first-order valence-corrected chi connectivity index (χ1v) is 8.34. The molecule has 0 aromatic heterocycles. The topological polar surface area (TPSA) is 37.4 Å². The van der Waals surface area contributed by atoms with Gasteiger partial charge in [0.05, 0.1) is 11.2 Å². The zero-order valence-electron chi connectivity index (χ0n) is 12.7. The predicted molar refractivity (Wildman–Crippen MR) is 83.3 cm³/mol. The summed E-state index contributed by atoms with van der Waals surface area (Å²) in [4.78, 5) is 14.3. The molecule has 1 aliphatic heterocycles. The highest BCUT2D eigenvalue weighted by molar-refractivity contribution is 7.86. The summed E-state index contributed by atoms with van der Waals surface area (Å²) in [5.74, 6) is 0.731. The number of benzene rings is 1. The van der Waals surface area contributed by atoms with E-state index in [2.05, 4.69) is 18.2 Å². The number of hydrogen-bond donors (Lipinski definition) is 0. The van der Waals surface area contributed by atoms with Crippen molar-refractivity contribution < 1.29 is 9.00 Å². The number of nitrogens with zero attached hydrogens (tertiary/aromatic N) is 1. The summed E-state index contributed by atoms with van der Waals surface area (Å²) < 4.78 is 11.6. The van der Waals surface area contributed by atoms with Crippen LogP contribution >= 0.6 is 0 Å². The SMILES string of the molecule is Cc1ccc(C)c(CC(=O)N2CCS(=O)C(C)(C)C2)c1. The van der Waals surface area contributed by atoms with Crippen LogP contribution in [0.25, 0.3) is 0 Å². The summed E-state index contributed by atoms with van der Waals surface area (Å²) in [6.07, 6.45) is 0.441. The van der Waals surface area contributed by atoms with E-state index in [4.69, 9.17) is 0 Å². The Morgan fingerprint density at radius 2 is 2.05 bits per heavy atom. The first kappa shape index (κ1) is 15.2. The van der Waals surface area contributed by atoms with Gasteiger partial charge in [0, 0.05) is 29.6 Å². The Bertz CT molecular complexity index is 551. The van der Waals surface area contributed by atoms with Gasteiger partial charge in [0.15, 0.2) is 0 Å². The normalized spacial score (nSPS) is 21.8. The van der Waals surface area contributed by atoms with Crippen molar-refractivity contribution in [2.75, 3.05) is 18.8 Å². The van der Waals surface area contributed by atoms with Crippen LogP contribution in [0.5, 0.6) is 0 Å². The van der Waals surface area contributed by atoms with Crippen LogP contribution in [0.2, 0.25) is 0 Å². The lowest BCUT2D eigenvalue weighted by atomic mass is 10.0. The zero-order valence-corrected chi connectivity index (χ0v) is 13.5.